The van der Waals surface area contributed by atoms with E-state index in [0.717, 1.165) is 24.5 Å². The molecule has 1 aromatic heterocycles. The third kappa shape index (κ3) is 3.42. The zero-order valence-electron chi connectivity index (χ0n) is 12.8. The highest BCUT2D eigenvalue weighted by Crippen LogP contribution is 2.28. The standard InChI is InChI=1S/C18H22N2O/c1-3-19-12-14-9-13(2)20-18(10-14)21-17-8-7-15-5-4-6-16(15)11-17/h7-11,19H,3-6,12H2,1-2H3. The lowest BCUT2D eigenvalue weighted by Crippen LogP contribution is -2.12. The van der Waals surface area contributed by atoms with Crippen molar-refractivity contribution >= 4 is 0 Å². The van der Waals surface area contributed by atoms with E-state index in [0.29, 0.717) is 5.88 Å². The summed E-state index contributed by atoms with van der Waals surface area (Å²) in [5, 5.41) is 3.33. The summed E-state index contributed by atoms with van der Waals surface area (Å²) < 4.78 is 5.97. The maximum Gasteiger partial charge on any atom is 0.219 e. The van der Waals surface area contributed by atoms with Crippen molar-refractivity contribution in [3.05, 3.63) is 52.7 Å². The Kier molecular flexibility index (Phi) is 4.20. The lowest BCUT2D eigenvalue weighted by atomic mass is 10.1. The number of nitrogens with one attached hydrogen (secondary N) is 1. The number of pyridine rings is 1. The van der Waals surface area contributed by atoms with E-state index < -0.39 is 0 Å². The van der Waals surface area contributed by atoms with Crippen LogP contribution in [0.25, 0.3) is 0 Å². The third-order valence-electron chi connectivity index (χ3n) is 3.86. The minimum absolute atomic E-state index is 0.681. The molecule has 0 aliphatic heterocycles. The zero-order chi connectivity index (χ0) is 14.7. The Morgan fingerprint density at radius 1 is 1.14 bits per heavy atom. The van der Waals surface area contributed by atoms with Crippen LogP contribution >= 0.6 is 0 Å². The number of nitrogens with zero attached hydrogens (tertiary/aromatic N) is 1. The summed E-state index contributed by atoms with van der Waals surface area (Å²) >= 11 is 0. The molecule has 0 amide bonds. The van der Waals surface area contributed by atoms with Gasteiger partial charge < -0.3 is 10.1 Å². The fourth-order valence-electron chi connectivity index (χ4n) is 2.86. The van der Waals surface area contributed by atoms with Crippen molar-refractivity contribution in [3.63, 3.8) is 0 Å². The number of ether oxygens (including phenoxy) is 1. The highest BCUT2D eigenvalue weighted by Gasteiger charge is 2.12. The average molecular weight is 282 g/mol. The molecule has 2 aromatic rings. The van der Waals surface area contributed by atoms with Crippen LogP contribution in [-0.4, -0.2) is 11.5 Å². The molecular weight excluding hydrogens is 260 g/mol. The molecule has 3 nitrogen and oxygen atoms in total. The number of rotatable bonds is 5. The van der Waals surface area contributed by atoms with Gasteiger partial charge in [0.25, 0.3) is 0 Å². The summed E-state index contributed by atoms with van der Waals surface area (Å²) in [6, 6.07) is 10.5. The molecule has 1 aliphatic carbocycles. The van der Waals surface area contributed by atoms with Crippen LogP contribution in [0, 0.1) is 6.92 Å². The molecule has 110 valence electrons. The first-order chi connectivity index (χ1) is 10.2. The maximum absolute atomic E-state index is 5.97. The van der Waals surface area contributed by atoms with Crippen molar-refractivity contribution in [3.8, 4) is 11.6 Å². The molecule has 0 saturated carbocycles. The molecule has 1 heterocycles. The van der Waals surface area contributed by atoms with E-state index in [1.54, 1.807) is 0 Å². The van der Waals surface area contributed by atoms with Gasteiger partial charge in [-0.1, -0.05) is 13.0 Å². The fourth-order valence-corrected chi connectivity index (χ4v) is 2.86. The van der Waals surface area contributed by atoms with Gasteiger partial charge in [-0.3, -0.25) is 0 Å². The van der Waals surface area contributed by atoms with Gasteiger partial charge in [-0.25, -0.2) is 4.98 Å². The molecule has 3 heteroatoms. The number of benzene rings is 1. The van der Waals surface area contributed by atoms with Gasteiger partial charge in [0, 0.05) is 18.3 Å². The fraction of sp³-hybridized carbons (Fsp3) is 0.389. The number of fused-ring (bicyclic) bond motifs is 1. The SMILES string of the molecule is CCNCc1cc(C)nc(Oc2ccc3c(c2)CCC3)c1. The number of hydrogen-bond acceptors (Lipinski definition) is 3. The van der Waals surface area contributed by atoms with Crippen molar-refractivity contribution < 1.29 is 4.74 Å². The zero-order valence-corrected chi connectivity index (χ0v) is 12.8. The summed E-state index contributed by atoms with van der Waals surface area (Å²) in [6.45, 7) is 5.92. The lowest BCUT2D eigenvalue weighted by molar-refractivity contribution is 0.460. The molecule has 0 atom stereocenters. The summed E-state index contributed by atoms with van der Waals surface area (Å²) in [7, 11) is 0. The quantitative estimate of drug-likeness (QED) is 0.906. The Balaban J connectivity index is 1.79. The number of aryl methyl sites for hydroxylation is 3. The van der Waals surface area contributed by atoms with E-state index in [1.807, 2.05) is 13.0 Å². The van der Waals surface area contributed by atoms with E-state index >= 15 is 0 Å². The maximum atomic E-state index is 5.97. The van der Waals surface area contributed by atoms with Gasteiger partial charge in [-0.05, 0) is 67.6 Å². The summed E-state index contributed by atoms with van der Waals surface area (Å²) in [4.78, 5) is 4.48. The molecule has 0 bridgehead atoms. The molecule has 21 heavy (non-hydrogen) atoms. The third-order valence-corrected chi connectivity index (χ3v) is 3.86. The molecule has 3 rings (SSSR count). The monoisotopic (exact) mass is 282 g/mol. The van der Waals surface area contributed by atoms with Crippen LogP contribution in [0.5, 0.6) is 11.6 Å². The molecular formula is C18H22N2O. The van der Waals surface area contributed by atoms with Crippen molar-refractivity contribution in [1.29, 1.82) is 0 Å². The van der Waals surface area contributed by atoms with Gasteiger partial charge in [0.15, 0.2) is 0 Å². The Morgan fingerprint density at radius 3 is 2.86 bits per heavy atom. The highest BCUT2D eigenvalue weighted by atomic mass is 16.5. The Morgan fingerprint density at radius 2 is 2.00 bits per heavy atom. The molecule has 0 fully saturated rings. The second-order valence-corrected chi connectivity index (χ2v) is 5.62. The number of hydrogen-bond donors (Lipinski definition) is 1. The molecule has 0 unspecified atom stereocenters. The van der Waals surface area contributed by atoms with E-state index in [2.05, 4.69) is 41.5 Å². The van der Waals surface area contributed by atoms with Gasteiger partial charge in [0.1, 0.15) is 5.75 Å². The lowest BCUT2D eigenvalue weighted by Gasteiger charge is -2.10. The smallest absolute Gasteiger partial charge is 0.219 e. The van der Waals surface area contributed by atoms with Crippen LogP contribution in [0.4, 0.5) is 0 Å². The van der Waals surface area contributed by atoms with Crippen LogP contribution < -0.4 is 10.1 Å². The van der Waals surface area contributed by atoms with Gasteiger partial charge in [0.05, 0.1) is 0 Å². The van der Waals surface area contributed by atoms with Gasteiger partial charge >= 0.3 is 0 Å². The van der Waals surface area contributed by atoms with Crippen LogP contribution in [0.15, 0.2) is 30.3 Å². The van der Waals surface area contributed by atoms with E-state index in [4.69, 9.17) is 4.74 Å². The van der Waals surface area contributed by atoms with Crippen LogP contribution in [0.1, 0.15) is 35.7 Å². The van der Waals surface area contributed by atoms with Crippen LogP contribution in [0.3, 0.4) is 0 Å². The van der Waals surface area contributed by atoms with E-state index in [9.17, 15) is 0 Å². The first-order valence-electron chi connectivity index (χ1n) is 7.72. The largest absolute Gasteiger partial charge is 0.439 e. The predicted octanol–water partition coefficient (Wildman–Crippen LogP) is 3.78. The predicted molar refractivity (Wildman–Crippen MR) is 84.9 cm³/mol. The summed E-state index contributed by atoms with van der Waals surface area (Å²) in [5.74, 6) is 1.57. The second-order valence-electron chi connectivity index (χ2n) is 5.62. The first kappa shape index (κ1) is 14.1. The van der Waals surface area contributed by atoms with Gasteiger partial charge in [-0.15, -0.1) is 0 Å². The minimum atomic E-state index is 0.681. The normalized spacial score (nSPS) is 13.2. The Labute approximate surface area is 126 Å². The van der Waals surface area contributed by atoms with E-state index in [1.165, 1.54) is 36.0 Å². The van der Waals surface area contributed by atoms with Crippen LogP contribution in [-0.2, 0) is 19.4 Å². The number of aromatic nitrogens is 1. The molecule has 0 saturated heterocycles. The van der Waals surface area contributed by atoms with Crippen molar-refractivity contribution in [1.82, 2.24) is 10.3 Å². The molecule has 1 aliphatic rings. The van der Waals surface area contributed by atoms with Crippen molar-refractivity contribution in [2.75, 3.05) is 6.54 Å². The molecule has 0 radical (unpaired) electrons. The van der Waals surface area contributed by atoms with Crippen molar-refractivity contribution in [2.24, 2.45) is 0 Å². The van der Waals surface area contributed by atoms with Gasteiger partial charge in [0.2, 0.25) is 5.88 Å². The average Bonchev–Trinajstić information content (AvgIpc) is 2.92. The minimum Gasteiger partial charge on any atom is -0.439 e. The summed E-state index contributed by atoms with van der Waals surface area (Å²) in [5.41, 5.74) is 5.09. The topological polar surface area (TPSA) is 34.2 Å². The highest BCUT2D eigenvalue weighted by molar-refractivity contribution is 5.40. The summed E-state index contributed by atoms with van der Waals surface area (Å²) in [6.07, 6.45) is 3.62. The second kappa shape index (κ2) is 6.27. The van der Waals surface area contributed by atoms with Gasteiger partial charge in [-0.2, -0.15) is 0 Å². The Bertz CT molecular complexity index is 637. The Hall–Kier alpha value is -1.87. The van der Waals surface area contributed by atoms with Crippen molar-refractivity contribution in [2.45, 2.75) is 39.7 Å². The first-order valence-corrected chi connectivity index (χ1v) is 7.72. The molecule has 1 aromatic carbocycles. The van der Waals surface area contributed by atoms with Crippen LogP contribution in [0.2, 0.25) is 0 Å². The molecule has 0 spiro atoms. The van der Waals surface area contributed by atoms with E-state index in [-0.39, 0.29) is 0 Å². The molecule has 1 N–H and O–H groups in total.